The monoisotopic (exact) mass is 516 g/mol. The van der Waals surface area contributed by atoms with Crippen molar-refractivity contribution in [3.05, 3.63) is 90.0 Å². The Labute approximate surface area is 220 Å². The third-order valence-electron chi connectivity index (χ3n) is 5.93. The van der Waals surface area contributed by atoms with Crippen LogP contribution in [0.2, 0.25) is 0 Å². The zero-order valence-corrected chi connectivity index (χ0v) is 21.4. The molecule has 1 aliphatic rings. The Hall–Kier alpha value is -4.63. The van der Waals surface area contributed by atoms with Gasteiger partial charge in [-0.1, -0.05) is 30.3 Å². The molecule has 0 spiro atoms. The minimum Gasteiger partial charge on any atom is -0.497 e. The molecule has 1 saturated heterocycles. The van der Waals surface area contributed by atoms with Gasteiger partial charge in [0.2, 0.25) is 0 Å². The molecule has 196 valence electrons. The molecule has 9 heteroatoms. The summed E-state index contributed by atoms with van der Waals surface area (Å²) in [5.74, 6) is -2.20. The van der Waals surface area contributed by atoms with Gasteiger partial charge in [-0.05, 0) is 67.9 Å². The second kappa shape index (κ2) is 10.8. The number of benzene rings is 3. The van der Waals surface area contributed by atoms with Crippen molar-refractivity contribution in [1.29, 1.82) is 0 Å². The van der Waals surface area contributed by atoms with Crippen LogP contribution in [-0.4, -0.2) is 48.8 Å². The van der Waals surface area contributed by atoms with Gasteiger partial charge in [0.1, 0.15) is 11.5 Å². The number of anilines is 2. The summed E-state index contributed by atoms with van der Waals surface area (Å²) in [4.78, 5) is 41.4. The molecule has 1 amide bonds. The lowest BCUT2D eigenvalue weighted by Gasteiger charge is -2.33. The Morgan fingerprint density at radius 2 is 1.42 bits per heavy atom. The van der Waals surface area contributed by atoms with Crippen LogP contribution >= 0.6 is 0 Å². The molecule has 4 rings (SSSR count). The molecule has 1 atom stereocenters. The van der Waals surface area contributed by atoms with E-state index in [1.807, 2.05) is 0 Å². The van der Waals surface area contributed by atoms with Gasteiger partial charge in [-0.25, -0.2) is 4.79 Å². The Kier molecular flexibility index (Phi) is 7.50. The Morgan fingerprint density at radius 3 is 1.95 bits per heavy atom. The van der Waals surface area contributed by atoms with Gasteiger partial charge in [-0.3, -0.25) is 14.5 Å². The van der Waals surface area contributed by atoms with Gasteiger partial charge in [0, 0.05) is 11.4 Å². The standard InChI is InChI=1S/C29H28N2O7/c1-18(2)38-28(34)29(35)24(26(32)27(33)31(29)21-12-16-23(37-4)17-13-21)25(19-8-6-5-7-9-19)30-20-10-14-22(36-3)15-11-20/h5-18,30,35H,1-4H3/b25-24+. The van der Waals surface area contributed by atoms with Gasteiger partial charge in [-0.2, -0.15) is 0 Å². The summed E-state index contributed by atoms with van der Waals surface area (Å²) >= 11 is 0. The van der Waals surface area contributed by atoms with Crippen LogP contribution in [0.5, 0.6) is 11.5 Å². The van der Waals surface area contributed by atoms with Gasteiger partial charge >= 0.3 is 11.9 Å². The first kappa shape index (κ1) is 26.4. The molecule has 3 aromatic rings. The maximum atomic E-state index is 13.6. The largest absolute Gasteiger partial charge is 0.497 e. The molecule has 0 aromatic heterocycles. The molecule has 3 aromatic carbocycles. The second-order valence-electron chi connectivity index (χ2n) is 8.76. The second-order valence-corrected chi connectivity index (χ2v) is 8.76. The van der Waals surface area contributed by atoms with Gasteiger partial charge in [-0.15, -0.1) is 0 Å². The zero-order chi connectivity index (χ0) is 27.4. The molecule has 0 radical (unpaired) electrons. The lowest BCUT2D eigenvalue weighted by Crippen LogP contribution is -2.55. The van der Waals surface area contributed by atoms with Crippen molar-refractivity contribution in [1.82, 2.24) is 0 Å². The van der Waals surface area contributed by atoms with Crippen LogP contribution in [0.25, 0.3) is 5.70 Å². The number of Topliss-reactive ketones (excluding diaryl/α,β-unsaturated/α-hetero) is 1. The number of hydrogen-bond acceptors (Lipinski definition) is 8. The molecule has 0 saturated carbocycles. The number of carbonyl (C=O) groups is 3. The molecular weight excluding hydrogens is 488 g/mol. The van der Waals surface area contributed by atoms with E-state index in [1.54, 1.807) is 80.6 Å². The molecule has 0 aliphatic carbocycles. The summed E-state index contributed by atoms with van der Waals surface area (Å²) in [6.45, 7) is 3.21. The van der Waals surface area contributed by atoms with Crippen LogP contribution in [0.3, 0.4) is 0 Å². The molecule has 1 unspecified atom stereocenters. The number of carbonyl (C=O) groups excluding carboxylic acids is 3. The highest BCUT2D eigenvalue weighted by atomic mass is 16.6. The van der Waals surface area contributed by atoms with Crippen LogP contribution in [-0.2, 0) is 19.1 Å². The zero-order valence-electron chi connectivity index (χ0n) is 21.4. The molecule has 1 aliphatic heterocycles. The van der Waals surface area contributed by atoms with E-state index in [2.05, 4.69) is 5.32 Å². The number of nitrogens with zero attached hydrogens (tertiary/aromatic N) is 1. The number of amides is 1. The summed E-state index contributed by atoms with van der Waals surface area (Å²) in [6.07, 6.45) is -0.633. The van der Waals surface area contributed by atoms with Crippen molar-refractivity contribution in [2.75, 3.05) is 24.4 Å². The SMILES string of the molecule is COc1ccc(N/C(=C2\C(=O)C(=O)N(c3ccc(OC)cc3)C2(O)C(=O)OC(C)C)c2ccccc2)cc1. The first-order valence-electron chi connectivity index (χ1n) is 11.9. The maximum absolute atomic E-state index is 13.6. The molecule has 2 N–H and O–H groups in total. The molecule has 1 fully saturated rings. The Bertz CT molecular complexity index is 1370. The minimum atomic E-state index is -2.77. The predicted octanol–water partition coefficient (Wildman–Crippen LogP) is 3.78. The van der Waals surface area contributed by atoms with Crippen molar-refractivity contribution < 1.29 is 33.7 Å². The van der Waals surface area contributed by atoms with Gasteiger partial charge < -0.3 is 24.6 Å². The fraction of sp³-hybridized carbons (Fsp3) is 0.207. The van der Waals surface area contributed by atoms with E-state index < -0.39 is 35.1 Å². The fourth-order valence-electron chi connectivity index (χ4n) is 4.14. The van der Waals surface area contributed by atoms with Crippen LogP contribution in [0.15, 0.2) is 84.4 Å². The highest BCUT2D eigenvalue weighted by Crippen LogP contribution is 2.41. The average Bonchev–Trinajstić information content (AvgIpc) is 3.13. The van der Waals surface area contributed by atoms with Crippen molar-refractivity contribution in [2.45, 2.75) is 25.7 Å². The van der Waals surface area contributed by atoms with E-state index in [-0.39, 0.29) is 11.4 Å². The normalized spacial score (nSPS) is 18.4. The van der Waals surface area contributed by atoms with Crippen LogP contribution < -0.4 is 19.7 Å². The number of aliphatic hydroxyl groups is 1. The highest BCUT2D eigenvalue weighted by Gasteiger charge is 2.62. The molecule has 9 nitrogen and oxygen atoms in total. The van der Waals surface area contributed by atoms with E-state index in [4.69, 9.17) is 14.2 Å². The Morgan fingerprint density at radius 1 is 0.868 bits per heavy atom. The highest BCUT2D eigenvalue weighted by molar-refractivity contribution is 6.54. The third-order valence-corrected chi connectivity index (χ3v) is 5.93. The van der Waals surface area contributed by atoms with E-state index >= 15 is 0 Å². The lowest BCUT2D eigenvalue weighted by molar-refractivity contribution is -0.165. The number of esters is 1. The summed E-state index contributed by atoms with van der Waals surface area (Å²) < 4.78 is 15.8. The number of nitrogens with one attached hydrogen (secondary N) is 1. The predicted molar refractivity (Wildman–Crippen MR) is 142 cm³/mol. The first-order valence-corrected chi connectivity index (χ1v) is 11.9. The van der Waals surface area contributed by atoms with Gasteiger partial charge in [0.25, 0.3) is 11.5 Å². The number of hydrogen-bond donors (Lipinski definition) is 2. The minimum absolute atomic E-state index is 0.0772. The van der Waals surface area contributed by atoms with Crippen molar-refractivity contribution >= 4 is 34.7 Å². The molecular formula is C29H28N2O7. The van der Waals surface area contributed by atoms with Gasteiger partial charge in [0.05, 0.1) is 31.6 Å². The summed E-state index contributed by atoms with van der Waals surface area (Å²) in [5, 5.41) is 15.2. The summed E-state index contributed by atoms with van der Waals surface area (Å²) in [6, 6.07) is 21.5. The van der Waals surface area contributed by atoms with Crippen molar-refractivity contribution in [3.63, 3.8) is 0 Å². The maximum Gasteiger partial charge on any atom is 0.365 e. The average molecular weight is 517 g/mol. The lowest BCUT2D eigenvalue weighted by atomic mass is 9.95. The number of methoxy groups -OCH3 is 2. The third kappa shape index (κ3) is 4.83. The smallest absolute Gasteiger partial charge is 0.365 e. The van der Waals surface area contributed by atoms with Crippen LogP contribution in [0.1, 0.15) is 19.4 Å². The molecule has 38 heavy (non-hydrogen) atoms. The topological polar surface area (TPSA) is 114 Å². The van der Waals surface area contributed by atoms with E-state index in [1.165, 1.54) is 26.4 Å². The summed E-state index contributed by atoms with van der Waals surface area (Å²) in [7, 11) is 3.02. The number of rotatable bonds is 8. The van der Waals surface area contributed by atoms with E-state index in [0.717, 1.165) is 4.90 Å². The first-order chi connectivity index (χ1) is 18.2. The number of ether oxygens (including phenoxy) is 3. The van der Waals surface area contributed by atoms with Gasteiger partial charge in [0.15, 0.2) is 0 Å². The number of ketones is 1. The van der Waals surface area contributed by atoms with Crippen molar-refractivity contribution in [2.24, 2.45) is 0 Å². The quantitative estimate of drug-likeness (QED) is 0.264. The van der Waals surface area contributed by atoms with E-state index in [0.29, 0.717) is 22.7 Å². The fourth-order valence-corrected chi connectivity index (χ4v) is 4.14. The van der Waals surface area contributed by atoms with E-state index in [9.17, 15) is 19.5 Å². The molecule has 0 bridgehead atoms. The van der Waals surface area contributed by atoms with Crippen LogP contribution in [0, 0.1) is 0 Å². The van der Waals surface area contributed by atoms with Crippen LogP contribution in [0.4, 0.5) is 11.4 Å². The van der Waals surface area contributed by atoms with Crippen molar-refractivity contribution in [3.8, 4) is 11.5 Å². The Balaban J connectivity index is 1.98. The molecule has 1 heterocycles. The summed E-state index contributed by atoms with van der Waals surface area (Å²) in [5.41, 5.74) is -2.04.